The standard InChI is InChI=1S/C20H20ClN3O5S2/c1-29-16-6-4-12(21)10-14(16)23-31(27,28)13-5-7-17-15(11-13)22-19(25)18(30-17)20(26)24-8-2-3-9-24/h4-7,10-11,18,23H,2-3,8-9H2,1H3,(H,22,25). The van der Waals surface area contributed by atoms with Crippen molar-refractivity contribution in [3.05, 3.63) is 41.4 Å². The van der Waals surface area contributed by atoms with Gasteiger partial charge in [0.25, 0.3) is 10.0 Å². The summed E-state index contributed by atoms with van der Waals surface area (Å²) in [6.45, 7) is 1.32. The summed E-state index contributed by atoms with van der Waals surface area (Å²) in [6.07, 6.45) is 1.87. The second-order valence-electron chi connectivity index (χ2n) is 7.13. The summed E-state index contributed by atoms with van der Waals surface area (Å²) in [7, 11) is -2.56. The molecular formula is C20H20ClN3O5S2. The molecule has 2 aromatic rings. The van der Waals surface area contributed by atoms with E-state index in [2.05, 4.69) is 10.0 Å². The van der Waals surface area contributed by atoms with Crippen LogP contribution in [0.2, 0.25) is 5.02 Å². The zero-order chi connectivity index (χ0) is 22.2. The predicted octanol–water partition coefficient (Wildman–Crippen LogP) is 3.18. The Kier molecular flexibility index (Phi) is 6.05. The number of carbonyl (C=O) groups is 2. The molecule has 31 heavy (non-hydrogen) atoms. The average Bonchev–Trinajstić information content (AvgIpc) is 3.27. The fourth-order valence-corrected chi connectivity index (χ4v) is 5.80. The minimum Gasteiger partial charge on any atom is -0.495 e. The molecule has 11 heteroatoms. The predicted molar refractivity (Wildman–Crippen MR) is 119 cm³/mol. The first-order valence-electron chi connectivity index (χ1n) is 9.55. The number of carbonyl (C=O) groups excluding carboxylic acids is 2. The molecule has 1 atom stereocenters. The number of anilines is 2. The molecule has 0 saturated carbocycles. The Hall–Kier alpha value is -2.43. The lowest BCUT2D eigenvalue weighted by molar-refractivity contribution is -0.133. The molecule has 0 radical (unpaired) electrons. The van der Waals surface area contributed by atoms with Crippen LogP contribution in [-0.4, -0.2) is 50.6 Å². The van der Waals surface area contributed by atoms with E-state index in [1.807, 2.05) is 0 Å². The molecule has 4 rings (SSSR count). The van der Waals surface area contributed by atoms with Gasteiger partial charge in [0.2, 0.25) is 11.8 Å². The molecule has 2 aliphatic rings. The van der Waals surface area contributed by atoms with E-state index < -0.39 is 21.2 Å². The Labute approximate surface area is 189 Å². The van der Waals surface area contributed by atoms with Gasteiger partial charge in [0.1, 0.15) is 5.75 Å². The van der Waals surface area contributed by atoms with Crippen LogP contribution in [0.1, 0.15) is 12.8 Å². The van der Waals surface area contributed by atoms with E-state index >= 15 is 0 Å². The number of sulfonamides is 1. The SMILES string of the molecule is COc1ccc(Cl)cc1NS(=O)(=O)c1ccc2c(c1)NC(=O)C(C(=O)N1CCCC1)S2. The number of fused-ring (bicyclic) bond motifs is 1. The molecule has 0 bridgehead atoms. The monoisotopic (exact) mass is 481 g/mol. The summed E-state index contributed by atoms with van der Waals surface area (Å²) in [6, 6.07) is 8.98. The lowest BCUT2D eigenvalue weighted by Crippen LogP contribution is -2.43. The number of thioether (sulfide) groups is 1. The van der Waals surface area contributed by atoms with Crippen LogP contribution in [0.4, 0.5) is 11.4 Å². The average molecular weight is 482 g/mol. The van der Waals surface area contributed by atoms with Crippen molar-refractivity contribution in [1.82, 2.24) is 4.90 Å². The summed E-state index contributed by atoms with van der Waals surface area (Å²) in [5, 5.41) is 2.15. The number of halogens is 1. The molecule has 0 aromatic heterocycles. The third-order valence-electron chi connectivity index (χ3n) is 5.05. The second-order valence-corrected chi connectivity index (χ2v) is 10.4. The van der Waals surface area contributed by atoms with Crippen LogP contribution in [0.15, 0.2) is 46.2 Å². The second kappa shape index (κ2) is 8.60. The van der Waals surface area contributed by atoms with Gasteiger partial charge in [-0.1, -0.05) is 11.6 Å². The van der Waals surface area contributed by atoms with Gasteiger partial charge in [0.15, 0.2) is 5.25 Å². The van der Waals surface area contributed by atoms with Crippen molar-refractivity contribution in [3.8, 4) is 5.75 Å². The quantitative estimate of drug-likeness (QED) is 0.635. The van der Waals surface area contributed by atoms with E-state index in [4.69, 9.17) is 16.3 Å². The van der Waals surface area contributed by atoms with Crippen molar-refractivity contribution < 1.29 is 22.7 Å². The van der Waals surface area contributed by atoms with Crippen LogP contribution in [-0.2, 0) is 19.6 Å². The van der Waals surface area contributed by atoms with Crippen molar-refractivity contribution in [1.29, 1.82) is 0 Å². The van der Waals surface area contributed by atoms with E-state index in [0.29, 0.717) is 34.4 Å². The number of amides is 2. The summed E-state index contributed by atoms with van der Waals surface area (Å²) in [5.41, 5.74) is 0.545. The summed E-state index contributed by atoms with van der Waals surface area (Å²) in [5.74, 6) is -0.344. The highest BCUT2D eigenvalue weighted by Crippen LogP contribution is 2.38. The summed E-state index contributed by atoms with van der Waals surface area (Å²) in [4.78, 5) is 27.5. The fourth-order valence-electron chi connectivity index (χ4n) is 3.49. The molecule has 0 spiro atoms. The van der Waals surface area contributed by atoms with Crippen molar-refractivity contribution in [3.63, 3.8) is 0 Å². The van der Waals surface area contributed by atoms with Crippen LogP contribution < -0.4 is 14.8 Å². The van der Waals surface area contributed by atoms with Crippen LogP contribution in [0, 0.1) is 0 Å². The Balaban J connectivity index is 1.57. The molecule has 8 nitrogen and oxygen atoms in total. The fraction of sp³-hybridized carbons (Fsp3) is 0.300. The third-order valence-corrected chi connectivity index (χ3v) is 7.91. The van der Waals surface area contributed by atoms with Crippen molar-refractivity contribution in [2.24, 2.45) is 0 Å². The van der Waals surface area contributed by atoms with E-state index in [1.165, 1.54) is 25.3 Å². The lowest BCUT2D eigenvalue weighted by Gasteiger charge is -2.27. The van der Waals surface area contributed by atoms with Crippen LogP contribution in [0.5, 0.6) is 5.75 Å². The number of likely N-dealkylation sites (tertiary alicyclic amines) is 1. The highest BCUT2D eigenvalue weighted by Gasteiger charge is 2.37. The van der Waals surface area contributed by atoms with Gasteiger partial charge < -0.3 is 15.0 Å². The molecule has 164 valence electrons. The number of methoxy groups -OCH3 is 1. The summed E-state index contributed by atoms with van der Waals surface area (Å²) < 4.78 is 33.5. The highest BCUT2D eigenvalue weighted by atomic mass is 35.5. The van der Waals surface area contributed by atoms with Gasteiger partial charge in [-0.05, 0) is 49.2 Å². The molecule has 2 aromatic carbocycles. The molecule has 1 unspecified atom stereocenters. The smallest absolute Gasteiger partial charge is 0.262 e. The van der Waals surface area contributed by atoms with Crippen LogP contribution in [0.25, 0.3) is 0 Å². The zero-order valence-corrected chi connectivity index (χ0v) is 18.9. The Morgan fingerprint density at radius 1 is 1.23 bits per heavy atom. The van der Waals surface area contributed by atoms with E-state index in [-0.39, 0.29) is 16.5 Å². The van der Waals surface area contributed by atoms with Crippen LogP contribution >= 0.6 is 23.4 Å². The number of hydrogen-bond acceptors (Lipinski definition) is 6. The van der Waals surface area contributed by atoms with Gasteiger partial charge in [-0.15, -0.1) is 11.8 Å². The largest absolute Gasteiger partial charge is 0.495 e. The Morgan fingerprint density at radius 2 is 1.97 bits per heavy atom. The van der Waals surface area contributed by atoms with E-state index in [9.17, 15) is 18.0 Å². The molecule has 2 amide bonds. The summed E-state index contributed by atoms with van der Waals surface area (Å²) >= 11 is 7.11. The van der Waals surface area contributed by atoms with E-state index in [0.717, 1.165) is 24.6 Å². The molecule has 2 N–H and O–H groups in total. The maximum absolute atomic E-state index is 12.9. The normalized spacial score (nSPS) is 18.3. The molecule has 0 aliphatic carbocycles. The van der Waals surface area contributed by atoms with Gasteiger partial charge in [-0.25, -0.2) is 8.42 Å². The highest BCUT2D eigenvalue weighted by molar-refractivity contribution is 8.01. The lowest BCUT2D eigenvalue weighted by atomic mass is 10.2. The van der Waals surface area contributed by atoms with E-state index in [1.54, 1.807) is 23.1 Å². The first-order valence-corrected chi connectivity index (χ1v) is 12.3. The van der Waals surface area contributed by atoms with Gasteiger partial charge in [0, 0.05) is 23.0 Å². The number of nitrogens with one attached hydrogen (secondary N) is 2. The Bertz CT molecular complexity index is 1150. The van der Waals surface area contributed by atoms with Gasteiger partial charge in [-0.2, -0.15) is 0 Å². The molecule has 2 heterocycles. The number of hydrogen-bond donors (Lipinski definition) is 2. The van der Waals surface area contributed by atoms with Crippen molar-refractivity contribution >= 4 is 56.6 Å². The number of rotatable bonds is 5. The topological polar surface area (TPSA) is 105 Å². The van der Waals surface area contributed by atoms with Gasteiger partial charge in [0.05, 0.1) is 23.4 Å². The maximum Gasteiger partial charge on any atom is 0.262 e. The zero-order valence-electron chi connectivity index (χ0n) is 16.6. The minimum atomic E-state index is -3.98. The first-order chi connectivity index (χ1) is 14.8. The first kappa shape index (κ1) is 21.8. The van der Waals surface area contributed by atoms with Crippen molar-refractivity contribution in [2.45, 2.75) is 27.9 Å². The number of ether oxygens (including phenoxy) is 1. The molecular weight excluding hydrogens is 462 g/mol. The van der Waals surface area contributed by atoms with Gasteiger partial charge in [-0.3, -0.25) is 14.3 Å². The Morgan fingerprint density at radius 3 is 2.68 bits per heavy atom. The third kappa shape index (κ3) is 4.46. The number of benzene rings is 2. The van der Waals surface area contributed by atoms with Crippen molar-refractivity contribution in [2.75, 3.05) is 30.2 Å². The van der Waals surface area contributed by atoms with Crippen LogP contribution in [0.3, 0.4) is 0 Å². The molecule has 1 saturated heterocycles. The minimum absolute atomic E-state index is 0.0431. The molecule has 2 aliphatic heterocycles. The molecule has 1 fully saturated rings. The number of nitrogens with zero attached hydrogens (tertiary/aromatic N) is 1. The van der Waals surface area contributed by atoms with Gasteiger partial charge >= 0.3 is 0 Å². The maximum atomic E-state index is 12.9.